The van der Waals surface area contributed by atoms with Crippen LogP contribution in [0, 0.1) is 0 Å². The number of aromatic nitrogens is 2. The molecule has 2 N–H and O–H groups in total. The summed E-state index contributed by atoms with van der Waals surface area (Å²) in [6, 6.07) is 13.5. The molecule has 4 rings (SSSR count). The maximum atomic E-state index is 12.5. The Morgan fingerprint density at radius 2 is 1.96 bits per heavy atom. The molecule has 2 aromatic heterocycles. The molecule has 1 aliphatic heterocycles. The van der Waals surface area contributed by atoms with Crippen LogP contribution in [0.25, 0.3) is 10.8 Å². The molecule has 3 heterocycles. The number of nitrogens with one attached hydrogen (secondary N) is 2. The van der Waals surface area contributed by atoms with Gasteiger partial charge in [0, 0.05) is 42.5 Å². The Morgan fingerprint density at radius 3 is 2.78 bits per heavy atom. The average Bonchev–Trinajstić information content (AvgIpc) is 2.71. The summed E-state index contributed by atoms with van der Waals surface area (Å²) in [7, 11) is 0. The van der Waals surface area contributed by atoms with Gasteiger partial charge >= 0.3 is 0 Å². The number of H-pyrrole nitrogens is 1. The van der Waals surface area contributed by atoms with Gasteiger partial charge in [-0.1, -0.05) is 24.3 Å². The molecule has 0 bridgehead atoms. The first-order chi connectivity index (χ1) is 13.2. The fourth-order valence-electron chi connectivity index (χ4n) is 3.61. The minimum Gasteiger partial charge on any atom is -0.335 e. The smallest absolute Gasteiger partial charge is 0.256 e. The minimum atomic E-state index is -0.0906. The molecule has 1 aliphatic rings. The highest BCUT2D eigenvalue weighted by molar-refractivity contribution is 5.86. The second-order valence-electron chi connectivity index (χ2n) is 6.77. The number of hydrogen-bond donors (Lipinski definition) is 2. The lowest BCUT2D eigenvalue weighted by Crippen LogP contribution is -2.42. The van der Waals surface area contributed by atoms with Crippen molar-refractivity contribution in [3.8, 4) is 0 Å². The molecule has 0 radical (unpaired) electrons. The molecule has 1 aromatic carbocycles. The van der Waals surface area contributed by atoms with Gasteiger partial charge in [0.2, 0.25) is 5.91 Å². The molecule has 6 heteroatoms. The van der Waals surface area contributed by atoms with Gasteiger partial charge in [-0.25, -0.2) is 0 Å². The molecule has 0 saturated carbocycles. The predicted octanol–water partition coefficient (Wildman–Crippen LogP) is 1.64. The number of benzene rings is 1. The number of nitrogens with zero attached hydrogens (tertiary/aromatic N) is 2. The van der Waals surface area contributed by atoms with Crippen molar-refractivity contribution in [2.75, 3.05) is 19.6 Å². The van der Waals surface area contributed by atoms with E-state index in [1.54, 1.807) is 11.1 Å². The summed E-state index contributed by atoms with van der Waals surface area (Å²) in [4.78, 5) is 33.9. The molecule has 0 spiro atoms. The number of fused-ring (bicyclic) bond motifs is 3. The lowest BCUT2D eigenvalue weighted by atomic mass is 9.98. The predicted molar refractivity (Wildman–Crippen MR) is 105 cm³/mol. The van der Waals surface area contributed by atoms with E-state index in [9.17, 15) is 9.59 Å². The highest BCUT2D eigenvalue weighted by Crippen LogP contribution is 2.23. The van der Waals surface area contributed by atoms with E-state index in [2.05, 4.69) is 15.3 Å². The standard InChI is InChI=1S/C21H22N4O2/c26-20(13-22-11-8-15-5-3-4-10-23-15)25-12-9-17-16-6-1-2-7-18(16)21(27)24-19(17)14-25/h1-7,10,22H,8-9,11-14H2,(H,24,27). The van der Waals surface area contributed by atoms with Gasteiger partial charge in [0.15, 0.2) is 0 Å². The molecule has 0 aliphatic carbocycles. The van der Waals surface area contributed by atoms with Gasteiger partial charge in [-0.05, 0) is 35.6 Å². The monoisotopic (exact) mass is 362 g/mol. The van der Waals surface area contributed by atoms with Crippen LogP contribution in [0.2, 0.25) is 0 Å². The third-order valence-corrected chi connectivity index (χ3v) is 5.02. The van der Waals surface area contributed by atoms with Crippen molar-refractivity contribution in [1.29, 1.82) is 0 Å². The highest BCUT2D eigenvalue weighted by atomic mass is 16.2. The fraction of sp³-hybridized carbons (Fsp3) is 0.286. The fourth-order valence-corrected chi connectivity index (χ4v) is 3.61. The minimum absolute atomic E-state index is 0.0516. The van der Waals surface area contributed by atoms with Crippen LogP contribution in [0.3, 0.4) is 0 Å². The quantitative estimate of drug-likeness (QED) is 0.677. The lowest BCUT2D eigenvalue weighted by Gasteiger charge is -2.29. The van der Waals surface area contributed by atoms with Gasteiger partial charge in [0.1, 0.15) is 0 Å². The van der Waals surface area contributed by atoms with Crippen molar-refractivity contribution < 1.29 is 4.79 Å². The van der Waals surface area contributed by atoms with Crippen LogP contribution in [0.15, 0.2) is 53.5 Å². The van der Waals surface area contributed by atoms with Crippen LogP contribution in [0.5, 0.6) is 0 Å². The Labute approximate surface area is 157 Å². The van der Waals surface area contributed by atoms with Gasteiger partial charge < -0.3 is 15.2 Å². The summed E-state index contributed by atoms with van der Waals surface area (Å²) in [5.74, 6) is 0.0516. The Balaban J connectivity index is 1.38. The Hall–Kier alpha value is -2.99. The van der Waals surface area contributed by atoms with Crippen molar-refractivity contribution >= 4 is 16.7 Å². The third kappa shape index (κ3) is 3.75. The summed E-state index contributed by atoms with van der Waals surface area (Å²) in [6.45, 7) is 2.12. The topological polar surface area (TPSA) is 78.1 Å². The zero-order valence-corrected chi connectivity index (χ0v) is 15.1. The summed E-state index contributed by atoms with van der Waals surface area (Å²) in [6.07, 6.45) is 3.32. The Kier molecular flexibility index (Phi) is 4.98. The van der Waals surface area contributed by atoms with Gasteiger partial charge in [-0.2, -0.15) is 0 Å². The largest absolute Gasteiger partial charge is 0.335 e. The number of hydrogen-bond acceptors (Lipinski definition) is 4. The van der Waals surface area contributed by atoms with Crippen molar-refractivity contribution in [1.82, 2.24) is 20.2 Å². The first-order valence-electron chi connectivity index (χ1n) is 9.23. The van der Waals surface area contributed by atoms with Crippen molar-refractivity contribution in [2.45, 2.75) is 19.4 Å². The molecule has 0 fully saturated rings. The second kappa shape index (κ2) is 7.72. The normalized spacial score (nSPS) is 13.6. The lowest BCUT2D eigenvalue weighted by molar-refractivity contribution is -0.131. The van der Waals surface area contributed by atoms with E-state index >= 15 is 0 Å². The third-order valence-electron chi connectivity index (χ3n) is 5.02. The van der Waals surface area contributed by atoms with E-state index in [-0.39, 0.29) is 11.5 Å². The molecule has 138 valence electrons. The van der Waals surface area contributed by atoms with Crippen LogP contribution in [-0.4, -0.2) is 40.4 Å². The summed E-state index contributed by atoms with van der Waals surface area (Å²) < 4.78 is 0. The van der Waals surface area contributed by atoms with E-state index < -0.39 is 0 Å². The molecule has 3 aromatic rings. The van der Waals surface area contributed by atoms with E-state index in [1.165, 1.54) is 0 Å². The number of carbonyl (C=O) groups is 1. The number of pyridine rings is 2. The summed E-state index contributed by atoms with van der Waals surface area (Å²) in [5.41, 5.74) is 2.92. The second-order valence-corrected chi connectivity index (χ2v) is 6.77. The van der Waals surface area contributed by atoms with Crippen LogP contribution in [0.1, 0.15) is 17.0 Å². The molecule has 0 atom stereocenters. The Morgan fingerprint density at radius 1 is 1.15 bits per heavy atom. The van der Waals surface area contributed by atoms with E-state index in [4.69, 9.17) is 0 Å². The van der Waals surface area contributed by atoms with E-state index in [1.807, 2.05) is 42.5 Å². The maximum Gasteiger partial charge on any atom is 0.256 e. The molecule has 0 unspecified atom stereocenters. The SMILES string of the molecule is O=C(CNCCc1ccccn1)N1CCc2c([nH]c(=O)c3ccccc23)C1. The highest BCUT2D eigenvalue weighted by Gasteiger charge is 2.23. The van der Waals surface area contributed by atoms with Crippen molar-refractivity contribution in [3.63, 3.8) is 0 Å². The van der Waals surface area contributed by atoms with Gasteiger partial charge in [0.25, 0.3) is 5.56 Å². The molecule has 0 saturated heterocycles. The molecule has 6 nitrogen and oxygen atoms in total. The maximum absolute atomic E-state index is 12.5. The zero-order chi connectivity index (χ0) is 18.6. The number of carbonyl (C=O) groups excluding carboxylic acids is 1. The summed E-state index contributed by atoms with van der Waals surface area (Å²) >= 11 is 0. The number of aromatic amines is 1. The zero-order valence-electron chi connectivity index (χ0n) is 15.1. The van der Waals surface area contributed by atoms with Crippen LogP contribution < -0.4 is 10.9 Å². The van der Waals surface area contributed by atoms with E-state index in [0.717, 1.165) is 35.2 Å². The average molecular weight is 362 g/mol. The number of amides is 1. The molecule has 27 heavy (non-hydrogen) atoms. The van der Waals surface area contributed by atoms with Crippen molar-refractivity contribution in [3.05, 3.63) is 76.0 Å². The molecular weight excluding hydrogens is 340 g/mol. The first-order valence-corrected chi connectivity index (χ1v) is 9.23. The van der Waals surface area contributed by atoms with Gasteiger partial charge in [-0.3, -0.25) is 14.6 Å². The van der Waals surface area contributed by atoms with Gasteiger partial charge in [0.05, 0.1) is 13.1 Å². The van der Waals surface area contributed by atoms with Crippen LogP contribution in [-0.2, 0) is 24.2 Å². The van der Waals surface area contributed by atoms with Gasteiger partial charge in [-0.15, -0.1) is 0 Å². The van der Waals surface area contributed by atoms with Crippen molar-refractivity contribution in [2.24, 2.45) is 0 Å². The molecular formula is C21H22N4O2. The van der Waals surface area contributed by atoms with E-state index in [0.29, 0.717) is 31.6 Å². The first kappa shape index (κ1) is 17.4. The summed E-state index contributed by atoms with van der Waals surface area (Å²) in [5, 5.41) is 4.90. The van der Waals surface area contributed by atoms with Crippen LogP contribution in [0.4, 0.5) is 0 Å². The van der Waals surface area contributed by atoms with Crippen LogP contribution >= 0.6 is 0 Å². The number of rotatable bonds is 5. The molecule has 1 amide bonds. The Bertz CT molecular complexity index is 1010.